The van der Waals surface area contributed by atoms with Gasteiger partial charge in [-0.25, -0.2) is 19.9 Å². The van der Waals surface area contributed by atoms with Crippen LogP contribution in [0.4, 0.5) is 23.3 Å². The summed E-state index contributed by atoms with van der Waals surface area (Å²) in [5.41, 5.74) is 4.08. The highest BCUT2D eigenvalue weighted by Gasteiger charge is 2.39. The molecule has 0 aliphatic carbocycles. The maximum atomic E-state index is 12.3. The zero-order valence-electron chi connectivity index (χ0n) is 34.9. The van der Waals surface area contributed by atoms with Gasteiger partial charge in [0.05, 0.1) is 35.2 Å². The summed E-state index contributed by atoms with van der Waals surface area (Å²) in [6, 6.07) is 19.0. The van der Waals surface area contributed by atoms with Crippen LogP contribution in [0.1, 0.15) is 30.7 Å². The molecule has 2 aromatic carbocycles. The van der Waals surface area contributed by atoms with Crippen molar-refractivity contribution < 1.29 is 19.1 Å². The number of hydrogen-bond donors (Lipinski definition) is 3. The van der Waals surface area contributed by atoms with E-state index >= 15 is 0 Å². The van der Waals surface area contributed by atoms with Gasteiger partial charge < -0.3 is 40.1 Å². The van der Waals surface area contributed by atoms with Gasteiger partial charge in [0.2, 0.25) is 11.9 Å². The Morgan fingerprint density at radius 1 is 0.758 bits per heavy atom. The van der Waals surface area contributed by atoms with Gasteiger partial charge in [-0.2, -0.15) is 9.97 Å². The number of benzene rings is 2. The molecule has 2 unspecified atom stereocenters. The summed E-state index contributed by atoms with van der Waals surface area (Å²) < 4.78 is 11.0. The third kappa shape index (κ3) is 10.4. The molecule has 2 bridgehead atoms. The molecule has 9 rings (SSSR count). The van der Waals surface area contributed by atoms with Crippen LogP contribution in [0.2, 0.25) is 10.0 Å². The van der Waals surface area contributed by atoms with Crippen LogP contribution in [0.15, 0.2) is 73.1 Å². The first-order valence-corrected chi connectivity index (χ1v) is 21.3. The molecule has 3 saturated heterocycles. The minimum absolute atomic E-state index is 0.111. The zero-order valence-corrected chi connectivity index (χ0v) is 36.4. The average molecular weight is 880 g/mol. The van der Waals surface area contributed by atoms with E-state index in [9.17, 15) is 9.59 Å². The van der Waals surface area contributed by atoms with Crippen LogP contribution in [-0.2, 0) is 9.59 Å². The second kappa shape index (κ2) is 19.0. The Morgan fingerprint density at radius 3 is 1.73 bits per heavy atom. The Hall–Kier alpha value is -5.94. The number of fused-ring (bicyclic) bond motifs is 4. The number of hydrogen-bond acceptors (Lipinski definition) is 14. The van der Waals surface area contributed by atoms with Gasteiger partial charge in [-0.1, -0.05) is 23.2 Å². The van der Waals surface area contributed by atoms with Crippen molar-refractivity contribution >= 4 is 80.4 Å². The Kier molecular flexibility index (Phi) is 13.1. The molecule has 3 aliphatic rings. The number of aromatic nitrogens is 6. The number of ether oxygens (including phenoxy) is 2. The molecule has 62 heavy (non-hydrogen) atoms. The molecule has 18 heteroatoms. The van der Waals surface area contributed by atoms with Crippen molar-refractivity contribution in [3.05, 3.63) is 94.5 Å². The normalized spacial score (nSPS) is 17.3. The first-order chi connectivity index (χ1) is 29.9. The molecule has 322 valence electrons. The lowest BCUT2D eigenvalue weighted by atomic mass is 10.0. The van der Waals surface area contributed by atoms with Gasteiger partial charge in [0, 0.05) is 65.1 Å². The van der Waals surface area contributed by atoms with Crippen LogP contribution in [0, 0.1) is 13.8 Å². The van der Waals surface area contributed by atoms with Crippen molar-refractivity contribution in [2.45, 2.75) is 51.2 Å². The summed E-state index contributed by atoms with van der Waals surface area (Å²) in [5.74, 6) is 2.05. The van der Waals surface area contributed by atoms with Gasteiger partial charge in [0.15, 0.2) is 24.5 Å². The van der Waals surface area contributed by atoms with Crippen LogP contribution in [0.3, 0.4) is 0 Å². The summed E-state index contributed by atoms with van der Waals surface area (Å²) in [5, 5.41) is 12.0. The summed E-state index contributed by atoms with van der Waals surface area (Å²) >= 11 is 11.7. The molecule has 0 saturated carbocycles. The molecule has 16 nitrogen and oxygen atoms in total. The lowest BCUT2D eigenvalue weighted by molar-refractivity contribution is -0.118. The zero-order chi connectivity index (χ0) is 43.3. The molecular weight excluding hydrogens is 831 g/mol. The lowest BCUT2D eigenvalue weighted by Crippen LogP contribution is -2.44. The van der Waals surface area contributed by atoms with E-state index in [1.807, 2.05) is 26.0 Å². The van der Waals surface area contributed by atoms with Gasteiger partial charge in [-0.15, -0.1) is 0 Å². The van der Waals surface area contributed by atoms with E-state index in [2.05, 4.69) is 64.7 Å². The predicted molar refractivity (Wildman–Crippen MR) is 242 cm³/mol. The van der Waals surface area contributed by atoms with Crippen molar-refractivity contribution in [3.63, 3.8) is 0 Å². The first-order valence-electron chi connectivity index (χ1n) is 20.5. The molecule has 3 N–H and O–H groups in total. The topological polar surface area (TPSA) is 176 Å². The van der Waals surface area contributed by atoms with E-state index in [0.29, 0.717) is 68.3 Å². The van der Waals surface area contributed by atoms with E-state index in [-0.39, 0.29) is 25.0 Å². The third-order valence-electron chi connectivity index (χ3n) is 11.2. The Labute approximate surface area is 369 Å². The number of piperidine rings is 1. The van der Waals surface area contributed by atoms with Crippen LogP contribution < -0.4 is 35.2 Å². The number of nitrogens with zero attached hydrogens (tertiary/aromatic N) is 9. The lowest BCUT2D eigenvalue weighted by Gasteiger charge is -2.35. The maximum Gasteiger partial charge on any atom is 0.262 e. The molecule has 4 aromatic heterocycles. The fraction of sp³-hybridized carbons (Fsp3) is 0.364. The number of piperazine rings is 1. The number of anilines is 4. The molecule has 6 aromatic rings. The van der Waals surface area contributed by atoms with Crippen molar-refractivity contribution in [3.8, 4) is 11.5 Å². The smallest absolute Gasteiger partial charge is 0.262 e. The molecule has 3 fully saturated rings. The SMILES string of the molecule is Cc1nc(N2CC3CC2CN3)nc2ncc(NC(=O)COc3ccc(Cl)cc3)cc12.Cc1nc(N2CCC(N(C)C)CC2)nc2ncc(NC(=O)COc3ccc(Cl)cc3)cc12. The Bertz CT molecular complexity index is 2560. The molecule has 3 aliphatic heterocycles. The highest BCUT2D eigenvalue weighted by atomic mass is 35.5. The third-order valence-corrected chi connectivity index (χ3v) is 11.7. The van der Waals surface area contributed by atoms with E-state index in [1.165, 1.54) is 0 Å². The molecular formula is C44H48Cl2N12O4. The van der Waals surface area contributed by atoms with Crippen molar-refractivity contribution in [2.75, 3.05) is 73.9 Å². The van der Waals surface area contributed by atoms with Crippen LogP contribution in [-0.4, -0.2) is 118 Å². The maximum absolute atomic E-state index is 12.3. The summed E-state index contributed by atoms with van der Waals surface area (Å²) in [6.07, 6.45) is 6.53. The second-order valence-corrected chi connectivity index (χ2v) is 16.7. The fourth-order valence-electron chi connectivity index (χ4n) is 7.83. The van der Waals surface area contributed by atoms with Crippen LogP contribution >= 0.6 is 23.2 Å². The van der Waals surface area contributed by atoms with Gasteiger partial charge >= 0.3 is 0 Å². The van der Waals surface area contributed by atoms with Crippen LogP contribution in [0.5, 0.6) is 11.5 Å². The van der Waals surface area contributed by atoms with Crippen LogP contribution in [0.25, 0.3) is 22.1 Å². The molecule has 0 spiro atoms. The minimum Gasteiger partial charge on any atom is -0.484 e. The highest BCUT2D eigenvalue weighted by molar-refractivity contribution is 6.30. The van der Waals surface area contributed by atoms with Gasteiger partial charge in [-0.05, 0) is 108 Å². The first kappa shape index (κ1) is 42.7. The number of carbonyl (C=O) groups excluding carboxylic acids is 2. The molecule has 2 amide bonds. The highest BCUT2D eigenvalue weighted by Crippen LogP contribution is 2.29. The van der Waals surface area contributed by atoms with Gasteiger partial charge in [-0.3, -0.25) is 9.59 Å². The van der Waals surface area contributed by atoms with E-state index < -0.39 is 0 Å². The summed E-state index contributed by atoms with van der Waals surface area (Å²) in [4.78, 5) is 59.0. The minimum atomic E-state index is -0.278. The monoisotopic (exact) mass is 878 g/mol. The van der Waals surface area contributed by atoms with E-state index in [4.69, 9.17) is 42.6 Å². The number of rotatable bonds is 11. The Balaban J connectivity index is 0.000000171. The molecule has 7 heterocycles. The summed E-state index contributed by atoms with van der Waals surface area (Å²) in [7, 11) is 4.25. The quantitative estimate of drug-likeness (QED) is 0.136. The largest absolute Gasteiger partial charge is 0.484 e. The van der Waals surface area contributed by atoms with E-state index in [1.54, 1.807) is 60.9 Å². The number of halogens is 2. The standard InChI is InChI=1S/C23H27ClN6O2.C21H21ClN6O2/c1-15-20-12-17(27-21(31)14-32-19-6-4-16(24)5-7-19)13-25-22(20)28-23(26-15)30-10-8-18(9-11-30)29(2)3;1-12-18-7-14(26-19(29)11-30-17-4-2-13(22)3-5-17)8-24-20(18)27-21(25-12)28-10-15-6-16(28)9-23-15/h4-7,12-13,18H,8-11,14H2,1-3H3,(H,27,31);2-5,7-8,15-16,23H,6,9-11H2,1H3,(H,26,29). The number of aryl methyl sites for hydroxylation is 2. The van der Waals surface area contributed by atoms with Crippen molar-refractivity contribution in [1.29, 1.82) is 0 Å². The average Bonchev–Trinajstić information content (AvgIpc) is 3.91. The van der Waals surface area contributed by atoms with Gasteiger partial charge in [0.1, 0.15) is 11.5 Å². The van der Waals surface area contributed by atoms with Crippen molar-refractivity contribution in [1.82, 2.24) is 40.1 Å². The molecule has 2 atom stereocenters. The summed E-state index contributed by atoms with van der Waals surface area (Å²) in [6.45, 7) is 7.41. The number of amides is 2. The van der Waals surface area contributed by atoms with Crippen molar-refractivity contribution in [2.24, 2.45) is 0 Å². The fourth-order valence-corrected chi connectivity index (χ4v) is 8.09. The van der Waals surface area contributed by atoms with E-state index in [0.717, 1.165) is 73.6 Å². The predicted octanol–water partition coefficient (Wildman–Crippen LogP) is 6.09. The number of nitrogens with one attached hydrogen (secondary N) is 3. The number of pyridine rings is 2. The Morgan fingerprint density at radius 2 is 1.26 bits per heavy atom. The second-order valence-electron chi connectivity index (χ2n) is 15.8. The number of carbonyl (C=O) groups is 2. The van der Waals surface area contributed by atoms with Gasteiger partial charge in [0.25, 0.3) is 11.8 Å². The molecule has 0 radical (unpaired) electrons.